The van der Waals surface area contributed by atoms with Gasteiger partial charge < -0.3 is 4.42 Å². The molecule has 0 aromatic carbocycles. The van der Waals surface area contributed by atoms with E-state index in [1.54, 1.807) is 6.92 Å². The van der Waals surface area contributed by atoms with Crippen molar-refractivity contribution in [2.24, 2.45) is 5.92 Å². The average Bonchev–Trinajstić information content (AvgIpc) is 2.94. The molecule has 0 aliphatic heterocycles. The van der Waals surface area contributed by atoms with E-state index in [1.165, 1.54) is 6.42 Å². The van der Waals surface area contributed by atoms with Gasteiger partial charge in [-0.1, -0.05) is 20.3 Å². The molecule has 2 aromatic heterocycles. The highest BCUT2D eigenvalue weighted by molar-refractivity contribution is 6.01. The second-order valence-electron chi connectivity index (χ2n) is 6.25. The maximum absolute atomic E-state index is 12.3. The second-order valence-corrected chi connectivity index (χ2v) is 6.25. The molecule has 2 heterocycles. The Morgan fingerprint density at radius 3 is 2.82 bits per heavy atom. The molecule has 0 spiro atoms. The summed E-state index contributed by atoms with van der Waals surface area (Å²) in [5, 5.41) is 9.59. The van der Waals surface area contributed by atoms with E-state index in [9.17, 15) is 4.79 Å². The normalized spacial score (nSPS) is 15.1. The van der Waals surface area contributed by atoms with E-state index in [2.05, 4.69) is 39.3 Å². The minimum atomic E-state index is -0.362. The van der Waals surface area contributed by atoms with Crippen molar-refractivity contribution in [2.45, 2.75) is 52.4 Å². The van der Waals surface area contributed by atoms with Crippen LogP contribution in [0.3, 0.4) is 0 Å². The lowest BCUT2D eigenvalue weighted by molar-refractivity contribution is 0.0993. The zero-order valence-electron chi connectivity index (χ0n) is 13.1. The Balaban J connectivity index is 1.68. The number of aromatic amines is 1. The van der Waals surface area contributed by atoms with Gasteiger partial charge in [0.25, 0.3) is 5.91 Å². The molecular formula is C15H21N5O2. The number of hydrogen-bond donors (Lipinski definition) is 2. The van der Waals surface area contributed by atoms with Gasteiger partial charge in [0.05, 0.1) is 5.69 Å². The maximum Gasteiger partial charge on any atom is 0.295 e. The summed E-state index contributed by atoms with van der Waals surface area (Å²) in [4.78, 5) is 20.9. The van der Waals surface area contributed by atoms with E-state index >= 15 is 0 Å². The molecule has 7 heteroatoms. The van der Waals surface area contributed by atoms with Gasteiger partial charge in [0, 0.05) is 12.3 Å². The molecule has 0 unspecified atom stereocenters. The summed E-state index contributed by atoms with van der Waals surface area (Å²) in [7, 11) is 0. The Bertz CT molecular complexity index is 669. The van der Waals surface area contributed by atoms with E-state index < -0.39 is 0 Å². The van der Waals surface area contributed by atoms with Crippen LogP contribution in [0.25, 0.3) is 0 Å². The number of oxazole rings is 1. The highest BCUT2D eigenvalue weighted by Crippen LogP contribution is 2.34. The number of anilines is 1. The first-order valence-electron chi connectivity index (χ1n) is 7.73. The molecule has 118 valence electrons. The molecular weight excluding hydrogens is 282 g/mol. The molecule has 0 radical (unpaired) electrons. The van der Waals surface area contributed by atoms with Gasteiger partial charge in [-0.3, -0.25) is 15.2 Å². The Labute approximate surface area is 128 Å². The first-order chi connectivity index (χ1) is 10.5. The zero-order valence-corrected chi connectivity index (χ0v) is 13.1. The molecule has 0 saturated heterocycles. The first kappa shape index (κ1) is 14.7. The molecule has 7 nitrogen and oxygen atoms in total. The van der Waals surface area contributed by atoms with Crippen molar-refractivity contribution >= 4 is 11.9 Å². The summed E-state index contributed by atoms with van der Waals surface area (Å²) in [6.07, 6.45) is 4.19. The van der Waals surface area contributed by atoms with Crippen molar-refractivity contribution in [1.29, 1.82) is 0 Å². The van der Waals surface area contributed by atoms with Crippen molar-refractivity contribution in [3.8, 4) is 0 Å². The lowest BCUT2D eigenvalue weighted by Crippen LogP contribution is -2.14. The molecule has 1 aliphatic rings. The van der Waals surface area contributed by atoms with E-state index in [0.29, 0.717) is 29.8 Å². The molecule has 0 bridgehead atoms. The van der Waals surface area contributed by atoms with Crippen LogP contribution in [-0.2, 0) is 6.42 Å². The number of amides is 1. The van der Waals surface area contributed by atoms with Crippen molar-refractivity contribution in [3.63, 3.8) is 0 Å². The minimum Gasteiger partial charge on any atom is -0.435 e. The largest absolute Gasteiger partial charge is 0.435 e. The fourth-order valence-electron chi connectivity index (χ4n) is 2.45. The van der Waals surface area contributed by atoms with Gasteiger partial charge in [-0.05, 0) is 25.7 Å². The second kappa shape index (κ2) is 5.90. The van der Waals surface area contributed by atoms with Crippen LogP contribution in [0.2, 0.25) is 0 Å². The molecule has 1 aliphatic carbocycles. The summed E-state index contributed by atoms with van der Waals surface area (Å²) in [5.74, 6) is 2.45. The van der Waals surface area contributed by atoms with Crippen LogP contribution >= 0.6 is 0 Å². The van der Waals surface area contributed by atoms with Crippen LogP contribution in [0, 0.1) is 12.8 Å². The third kappa shape index (κ3) is 3.03. The van der Waals surface area contributed by atoms with E-state index in [1.807, 2.05) is 0 Å². The standard InChI is InChI=1S/C15H21N5O2/c1-8(2)7-11-16-9(3)12(22-11)14(21)18-15-17-13(19-20-15)10-5-4-6-10/h8,10H,4-7H2,1-3H3,(H2,17,18,19,20,21). The molecule has 1 amide bonds. The smallest absolute Gasteiger partial charge is 0.295 e. The lowest BCUT2D eigenvalue weighted by Gasteiger charge is -2.22. The molecule has 1 saturated carbocycles. The highest BCUT2D eigenvalue weighted by Gasteiger charge is 2.24. The molecule has 2 N–H and O–H groups in total. The number of aryl methyl sites for hydroxylation is 1. The zero-order chi connectivity index (χ0) is 15.7. The van der Waals surface area contributed by atoms with Crippen LogP contribution < -0.4 is 5.32 Å². The molecule has 0 atom stereocenters. The molecule has 2 aromatic rings. The SMILES string of the molecule is Cc1nc(CC(C)C)oc1C(=O)Nc1n[nH]c(C2CCC2)n1. The number of carbonyl (C=O) groups excluding carboxylic acids is 1. The fraction of sp³-hybridized carbons (Fsp3) is 0.600. The summed E-state index contributed by atoms with van der Waals surface area (Å²) >= 11 is 0. The van der Waals surface area contributed by atoms with E-state index in [0.717, 1.165) is 18.7 Å². The average molecular weight is 303 g/mol. The van der Waals surface area contributed by atoms with Gasteiger partial charge in [-0.2, -0.15) is 4.98 Å². The van der Waals surface area contributed by atoms with Gasteiger partial charge in [-0.25, -0.2) is 4.98 Å². The van der Waals surface area contributed by atoms with Gasteiger partial charge in [-0.15, -0.1) is 5.10 Å². The highest BCUT2D eigenvalue weighted by atomic mass is 16.4. The van der Waals surface area contributed by atoms with E-state index in [-0.39, 0.29) is 17.6 Å². The van der Waals surface area contributed by atoms with Crippen LogP contribution in [0.4, 0.5) is 5.95 Å². The van der Waals surface area contributed by atoms with Crippen molar-refractivity contribution in [1.82, 2.24) is 20.2 Å². The Morgan fingerprint density at radius 1 is 1.41 bits per heavy atom. The summed E-state index contributed by atoms with van der Waals surface area (Å²) in [6.45, 7) is 5.92. The number of carbonyl (C=O) groups is 1. The predicted octanol–water partition coefficient (Wildman–Crippen LogP) is 2.82. The van der Waals surface area contributed by atoms with E-state index in [4.69, 9.17) is 4.42 Å². The summed E-state index contributed by atoms with van der Waals surface area (Å²) in [5.41, 5.74) is 0.586. The monoisotopic (exact) mass is 303 g/mol. The molecule has 3 rings (SSSR count). The fourth-order valence-corrected chi connectivity index (χ4v) is 2.45. The number of rotatable bonds is 5. The summed E-state index contributed by atoms with van der Waals surface area (Å²) in [6, 6.07) is 0. The molecule has 22 heavy (non-hydrogen) atoms. The quantitative estimate of drug-likeness (QED) is 0.885. The van der Waals surface area contributed by atoms with Gasteiger partial charge in [0.15, 0.2) is 5.89 Å². The number of H-pyrrole nitrogens is 1. The van der Waals surface area contributed by atoms with Crippen LogP contribution in [0.1, 0.15) is 67.0 Å². The Hall–Kier alpha value is -2.18. The number of aromatic nitrogens is 4. The van der Waals surface area contributed by atoms with Crippen LogP contribution in [0.5, 0.6) is 0 Å². The topological polar surface area (TPSA) is 96.7 Å². The maximum atomic E-state index is 12.3. The van der Waals surface area contributed by atoms with Crippen molar-refractivity contribution in [3.05, 3.63) is 23.2 Å². The van der Waals surface area contributed by atoms with Crippen LogP contribution in [0.15, 0.2) is 4.42 Å². The lowest BCUT2D eigenvalue weighted by atomic mass is 9.85. The Morgan fingerprint density at radius 2 is 2.18 bits per heavy atom. The molecule has 1 fully saturated rings. The third-order valence-corrected chi connectivity index (χ3v) is 3.85. The number of nitrogens with one attached hydrogen (secondary N) is 2. The third-order valence-electron chi connectivity index (χ3n) is 3.85. The Kier molecular flexibility index (Phi) is 3.96. The van der Waals surface area contributed by atoms with Gasteiger partial charge in [0.2, 0.25) is 11.7 Å². The number of nitrogens with zero attached hydrogens (tertiary/aromatic N) is 3. The van der Waals surface area contributed by atoms with Crippen molar-refractivity contribution < 1.29 is 9.21 Å². The summed E-state index contributed by atoms with van der Waals surface area (Å²) < 4.78 is 5.56. The van der Waals surface area contributed by atoms with Crippen molar-refractivity contribution in [2.75, 3.05) is 5.32 Å². The minimum absolute atomic E-state index is 0.227. The predicted molar refractivity (Wildman–Crippen MR) is 80.7 cm³/mol. The van der Waals surface area contributed by atoms with Crippen LogP contribution in [-0.4, -0.2) is 26.1 Å². The van der Waals surface area contributed by atoms with Gasteiger partial charge >= 0.3 is 0 Å². The number of hydrogen-bond acceptors (Lipinski definition) is 5. The first-order valence-corrected chi connectivity index (χ1v) is 7.73. The van der Waals surface area contributed by atoms with Gasteiger partial charge in [0.1, 0.15) is 5.82 Å².